The van der Waals surface area contributed by atoms with Crippen LogP contribution < -0.4 is 11.1 Å². The molecule has 1 rings (SSSR count). The highest BCUT2D eigenvalue weighted by molar-refractivity contribution is 5.80. The minimum Gasteiger partial charge on any atom is -0.349 e. The van der Waals surface area contributed by atoms with E-state index in [2.05, 4.69) is 10.3 Å². The zero-order valence-corrected chi connectivity index (χ0v) is 8.45. The van der Waals surface area contributed by atoms with Crippen LogP contribution in [-0.4, -0.2) is 16.9 Å². The van der Waals surface area contributed by atoms with Crippen LogP contribution in [0.25, 0.3) is 0 Å². The molecule has 1 atom stereocenters. The lowest BCUT2D eigenvalue weighted by atomic mass is 10.2. The smallest absolute Gasteiger partial charge is 0.236 e. The third-order valence-corrected chi connectivity index (χ3v) is 1.83. The van der Waals surface area contributed by atoms with Gasteiger partial charge in [-0.25, -0.2) is 0 Å². The zero-order valence-electron chi connectivity index (χ0n) is 8.45. The van der Waals surface area contributed by atoms with Gasteiger partial charge >= 0.3 is 0 Å². The molecule has 4 nitrogen and oxygen atoms in total. The second-order valence-corrected chi connectivity index (χ2v) is 3.33. The van der Waals surface area contributed by atoms with Crippen molar-refractivity contribution in [2.24, 2.45) is 5.73 Å². The first-order chi connectivity index (χ1) is 6.59. The highest BCUT2D eigenvalue weighted by Gasteiger charge is 2.05. The number of aryl methyl sites for hydroxylation is 1. The Labute approximate surface area is 83.5 Å². The Balaban J connectivity index is 2.46. The maximum Gasteiger partial charge on any atom is 0.236 e. The molecule has 0 fully saturated rings. The number of nitrogens with zero attached hydrogens (tertiary/aromatic N) is 1. The van der Waals surface area contributed by atoms with Gasteiger partial charge in [0.1, 0.15) is 0 Å². The number of rotatable bonds is 3. The molecule has 3 N–H and O–H groups in total. The van der Waals surface area contributed by atoms with Crippen molar-refractivity contribution >= 4 is 5.91 Å². The first-order valence-electron chi connectivity index (χ1n) is 4.54. The molecule has 1 amide bonds. The molecule has 0 saturated carbocycles. The topological polar surface area (TPSA) is 68.0 Å². The summed E-state index contributed by atoms with van der Waals surface area (Å²) in [7, 11) is 0. The van der Waals surface area contributed by atoms with Crippen molar-refractivity contribution in [2.45, 2.75) is 26.4 Å². The fraction of sp³-hybridized carbons (Fsp3) is 0.400. The van der Waals surface area contributed by atoms with E-state index >= 15 is 0 Å². The fourth-order valence-electron chi connectivity index (χ4n) is 0.942. The SMILES string of the molecule is Cc1ccc(CNC(=O)C(C)N)nc1. The summed E-state index contributed by atoms with van der Waals surface area (Å²) < 4.78 is 0. The Bertz CT molecular complexity index is 306. The molecule has 0 saturated heterocycles. The van der Waals surface area contributed by atoms with Gasteiger partial charge < -0.3 is 11.1 Å². The molecule has 14 heavy (non-hydrogen) atoms. The van der Waals surface area contributed by atoms with E-state index in [-0.39, 0.29) is 5.91 Å². The number of nitrogens with one attached hydrogen (secondary N) is 1. The highest BCUT2D eigenvalue weighted by Crippen LogP contribution is 1.97. The molecular formula is C10H15N3O. The van der Waals surface area contributed by atoms with Crippen LogP contribution in [0.4, 0.5) is 0 Å². The molecule has 0 radical (unpaired) electrons. The zero-order chi connectivity index (χ0) is 10.6. The van der Waals surface area contributed by atoms with Crippen molar-refractivity contribution in [3.63, 3.8) is 0 Å². The third kappa shape index (κ3) is 3.14. The van der Waals surface area contributed by atoms with E-state index in [1.54, 1.807) is 13.1 Å². The fourth-order valence-corrected chi connectivity index (χ4v) is 0.942. The number of pyridine rings is 1. The lowest BCUT2D eigenvalue weighted by Crippen LogP contribution is -2.37. The number of nitrogens with two attached hydrogens (primary N) is 1. The summed E-state index contributed by atoms with van der Waals surface area (Å²) >= 11 is 0. The van der Waals surface area contributed by atoms with Gasteiger partial charge in [-0.05, 0) is 25.5 Å². The van der Waals surface area contributed by atoms with E-state index in [1.165, 1.54) is 0 Å². The summed E-state index contributed by atoms with van der Waals surface area (Å²) in [6, 6.07) is 3.37. The number of carbonyl (C=O) groups is 1. The van der Waals surface area contributed by atoms with E-state index in [0.29, 0.717) is 6.54 Å². The summed E-state index contributed by atoms with van der Waals surface area (Å²) in [5.74, 6) is -0.160. The number of hydrogen-bond donors (Lipinski definition) is 2. The van der Waals surface area contributed by atoms with Crippen LogP contribution in [-0.2, 0) is 11.3 Å². The molecule has 0 spiro atoms. The molecule has 1 aromatic rings. The van der Waals surface area contributed by atoms with Crippen LogP contribution in [0.1, 0.15) is 18.2 Å². The number of hydrogen-bond acceptors (Lipinski definition) is 3. The van der Waals surface area contributed by atoms with Gasteiger partial charge in [0.2, 0.25) is 5.91 Å². The van der Waals surface area contributed by atoms with E-state index in [0.717, 1.165) is 11.3 Å². The lowest BCUT2D eigenvalue weighted by molar-refractivity contribution is -0.122. The van der Waals surface area contributed by atoms with Gasteiger partial charge in [0.05, 0.1) is 18.3 Å². The van der Waals surface area contributed by atoms with Crippen LogP contribution in [0, 0.1) is 6.92 Å². The van der Waals surface area contributed by atoms with Crippen molar-refractivity contribution in [1.29, 1.82) is 0 Å². The van der Waals surface area contributed by atoms with E-state index in [9.17, 15) is 4.79 Å². The predicted octanol–water partition coefficient (Wildman–Crippen LogP) is 0.353. The minimum absolute atomic E-state index is 0.160. The Morgan fingerprint density at radius 2 is 2.36 bits per heavy atom. The van der Waals surface area contributed by atoms with Gasteiger partial charge in [-0.2, -0.15) is 0 Å². The van der Waals surface area contributed by atoms with Crippen molar-refractivity contribution in [3.8, 4) is 0 Å². The molecule has 76 valence electrons. The quantitative estimate of drug-likeness (QED) is 0.728. The van der Waals surface area contributed by atoms with Crippen LogP contribution in [0.3, 0.4) is 0 Å². The van der Waals surface area contributed by atoms with Crippen LogP contribution in [0.2, 0.25) is 0 Å². The number of carbonyl (C=O) groups excluding carboxylic acids is 1. The van der Waals surface area contributed by atoms with Gasteiger partial charge in [-0.1, -0.05) is 6.07 Å². The Morgan fingerprint density at radius 3 is 2.86 bits per heavy atom. The maximum atomic E-state index is 11.1. The third-order valence-electron chi connectivity index (χ3n) is 1.83. The highest BCUT2D eigenvalue weighted by atomic mass is 16.2. The predicted molar refractivity (Wildman–Crippen MR) is 54.5 cm³/mol. The maximum absolute atomic E-state index is 11.1. The molecule has 0 aliphatic carbocycles. The van der Waals surface area contributed by atoms with Crippen LogP contribution >= 0.6 is 0 Å². The van der Waals surface area contributed by atoms with Crippen molar-refractivity contribution in [3.05, 3.63) is 29.6 Å². The molecule has 0 bridgehead atoms. The van der Waals surface area contributed by atoms with Crippen LogP contribution in [0.5, 0.6) is 0 Å². The van der Waals surface area contributed by atoms with Crippen molar-refractivity contribution < 1.29 is 4.79 Å². The Hall–Kier alpha value is -1.42. The standard InChI is InChI=1S/C10H15N3O/c1-7-3-4-9(12-5-7)6-13-10(14)8(2)11/h3-5,8H,6,11H2,1-2H3,(H,13,14). The molecule has 0 aromatic carbocycles. The van der Waals surface area contributed by atoms with Gasteiger partial charge in [0, 0.05) is 6.20 Å². The summed E-state index contributed by atoms with van der Waals surface area (Å²) in [6.07, 6.45) is 1.77. The average molecular weight is 193 g/mol. The largest absolute Gasteiger partial charge is 0.349 e. The Morgan fingerprint density at radius 1 is 1.64 bits per heavy atom. The normalized spacial score (nSPS) is 12.2. The average Bonchev–Trinajstić information content (AvgIpc) is 2.16. The minimum atomic E-state index is -0.472. The van der Waals surface area contributed by atoms with Gasteiger partial charge in [-0.3, -0.25) is 9.78 Å². The summed E-state index contributed by atoms with van der Waals surface area (Å²) in [5, 5.41) is 2.69. The Kier molecular flexibility index (Phi) is 3.59. The van der Waals surface area contributed by atoms with E-state index < -0.39 is 6.04 Å². The molecule has 4 heteroatoms. The molecule has 1 heterocycles. The van der Waals surface area contributed by atoms with Crippen molar-refractivity contribution in [2.75, 3.05) is 0 Å². The first kappa shape index (κ1) is 10.7. The second kappa shape index (κ2) is 4.72. The van der Waals surface area contributed by atoms with E-state index in [1.807, 2.05) is 19.1 Å². The number of aromatic nitrogens is 1. The second-order valence-electron chi connectivity index (χ2n) is 3.33. The molecule has 0 aliphatic heterocycles. The summed E-state index contributed by atoms with van der Waals surface area (Å²) in [5.41, 5.74) is 7.33. The van der Waals surface area contributed by atoms with Gasteiger partial charge in [-0.15, -0.1) is 0 Å². The summed E-state index contributed by atoms with van der Waals surface area (Å²) in [6.45, 7) is 4.05. The molecule has 1 unspecified atom stereocenters. The van der Waals surface area contributed by atoms with Crippen molar-refractivity contribution in [1.82, 2.24) is 10.3 Å². The molecule has 1 aromatic heterocycles. The number of amides is 1. The van der Waals surface area contributed by atoms with Crippen LogP contribution in [0.15, 0.2) is 18.3 Å². The molecular weight excluding hydrogens is 178 g/mol. The molecule has 0 aliphatic rings. The lowest BCUT2D eigenvalue weighted by Gasteiger charge is -2.06. The summed E-state index contributed by atoms with van der Waals surface area (Å²) in [4.78, 5) is 15.3. The first-order valence-corrected chi connectivity index (χ1v) is 4.54. The van der Waals surface area contributed by atoms with Gasteiger partial charge in [0.25, 0.3) is 0 Å². The van der Waals surface area contributed by atoms with E-state index in [4.69, 9.17) is 5.73 Å². The monoisotopic (exact) mass is 193 g/mol. The van der Waals surface area contributed by atoms with Gasteiger partial charge in [0.15, 0.2) is 0 Å².